The molecule has 1 aromatic rings. The number of amides is 1. The first-order valence-electron chi connectivity index (χ1n) is 6.17. The van der Waals surface area contributed by atoms with Crippen LogP contribution >= 0.6 is 11.5 Å². The Labute approximate surface area is 115 Å². The Hall–Kier alpha value is -1.50. The number of carboxylic acids is 1. The van der Waals surface area contributed by atoms with Gasteiger partial charge in [-0.3, -0.25) is 4.79 Å². The number of carboxylic acid groups (broad SMARTS) is 1. The minimum Gasteiger partial charge on any atom is -0.480 e. The Kier molecular flexibility index (Phi) is 3.58. The highest BCUT2D eigenvalue weighted by atomic mass is 32.1. The second-order valence-corrected chi connectivity index (χ2v) is 6.27. The van der Waals surface area contributed by atoms with Crippen molar-refractivity contribution in [3.8, 4) is 0 Å². The molecular weight excluding hydrogens is 266 g/mol. The zero-order valence-electron chi connectivity index (χ0n) is 11.2. The van der Waals surface area contributed by atoms with Gasteiger partial charge in [-0.1, -0.05) is 18.3 Å². The maximum absolute atomic E-state index is 12.5. The molecule has 1 aliphatic rings. The maximum Gasteiger partial charge on any atom is 0.326 e. The van der Waals surface area contributed by atoms with Gasteiger partial charge in [0.15, 0.2) is 0 Å². The van der Waals surface area contributed by atoms with Crippen molar-refractivity contribution in [3.63, 3.8) is 0 Å². The Bertz CT molecular complexity index is 512. The number of aryl methyl sites for hydroxylation is 1. The predicted octanol–water partition coefficient (Wildman–Crippen LogP) is 1.56. The molecule has 0 aromatic carbocycles. The van der Waals surface area contributed by atoms with Crippen molar-refractivity contribution in [1.82, 2.24) is 14.5 Å². The topological polar surface area (TPSA) is 83.4 Å². The van der Waals surface area contributed by atoms with Crippen LogP contribution in [0, 0.1) is 12.3 Å². The number of aromatic nitrogens is 2. The second kappa shape index (κ2) is 4.88. The monoisotopic (exact) mass is 283 g/mol. The average Bonchev–Trinajstić information content (AvgIpc) is 2.72. The summed E-state index contributed by atoms with van der Waals surface area (Å²) in [5.74, 6) is -1.22. The van der Waals surface area contributed by atoms with E-state index in [4.69, 9.17) is 0 Å². The van der Waals surface area contributed by atoms with Crippen molar-refractivity contribution in [2.24, 2.45) is 5.41 Å². The van der Waals surface area contributed by atoms with Crippen molar-refractivity contribution in [2.75, 3.05) is 6.54 Å². The van der Waals surface area contributed by atoms with E-state index in [0.29, 0.717) is 17.1 Å². The molecule has 6 nitrogen and oxygen atoms in total. The van der Waals surface area contributed by atoms with Crippen LogP contribution in [-0.4, -0.2) is 44.1 Å². The van der Waals surface area contributed by atoms with E-state index < -0.39 is 17.4 Å². The molecule has 0 aliphatic carbocycles. The largest absolute Gasteiger partial charge is 0.480 e. The molecular formula is C12H17N3O3S. The zero-order valence-corrected chi connectivity index (χ0v) is 12.0. The Morgan fingerprint density at radius 2 is 2.16 bits per heavy atom. The molecule has 0 saturated carbocycles. The molecule has 0 bridgehead atoms. The van der Waals surface area contributed by atoms with E-state index in [-0.39, 0.29) is 5.91 Å². The third-order valence-electron chi connectivity index (χ3n) is 3.61. The number of piperidine rings is 1. The molecule has 1 fully saturated rings. The van der Waals surface area contributed by atoms with E-state index in [9.17, 15) is 14.7 Å². The van der Waals surface area contributed by atoms with Crippen molar-refractivity contribution < 1.29 is 14.7 Å². The fourth-order valence-electron chi connectivity index (χ4n) is 2.64. The van der Waals surface area contributed by atoms with Crippen LogP contribution in [0.25, 0.3) is 0 Å². The fraction of sp³-hybridized carbons (Fsp3) is 0.667. The Balaban J connectivity index is 2.34. The first-order valence-corrected chi connectivity index (χ1v) is 6.94. The smallest absolute Gasteiger partial charge is 0.326 e. The molecule has 1 N–H and O–H groups in total. The van der Waals surface area contributed by atoms with E-state index in [1.807, 2.05) is 13.8 Å². The molecule has 1 atom stereocenters. The highest BCUT2D eigenvalue weighted by Gasteiger charge is 2.45. The Morgan fingerprint density at radius 1 is 1.47 bits per heavy atom. The van der Waals surface area contributed by atoms with Crippen LogP contribution in [0.1, 0.15) is 42.1 Å². The van der Waals surface area contributed by atoms with Gasteiger partial charge in [-0.2, -0.15) is 0 Å². The average molecular weight is 283 g/mol. The highest BCUT2D eigenvalue weighted by molar-refractivity contribution is 7.07. The lowest BCUT2D eigenvalue weighted by Gasteiger charge is -2.43. The van der Waals surface area contributed by atoms with Crippen LogP contribution in [0.4, 0.5) is 0 Å². The summed E-state index contributed by atoms with van der Waals surface area (Å²) in [6, 6.07) is -0.796. The number of hydrogen-bond donors (Lipinski definition) is 1. The summed E-state index contributed by atoms with van der Waals surface area (Å²) in [4.78, 5) is 25.9. The molecule has 0 radical (unpaired) electrons. The van der Waals surface area contributed by atoms with Gasteiger partial charge in [-0.25, -0.2) is 4.79 Å². The van der Waals surface area contributed by atoms with Crippen LogP contribution in [0.3, 0.4) is 0 Å². The van der Waals surface area contributed by atoms with Crippen molar-refractivity contribution in [3.05, 3.63) is 10.6 Å². The van der Waals surface area contributed by atoms with E-state index in [2.05, 4.69) is 9.59 Å². The molecule has 104 valence electrons. The van der Waals surface area contributed by atoms with Gasteiger partial charge in [-0.05, 0) is 36.7 Å². The van der Waals surface area contributed by atoms with Crippen LogP contribution in [-0.2, 0) is 4.79 Å². The van der Waals surface area contributed by atoms with Gasteiger partial charge in [-0.15, -0.1) is 5.10 Å². The predicted molar refractivity (Wildman–Crippen MR) is 70.1 cm³/mol. The van der Waals surface area contributed by atoms with Crippen molar-refractivity contribution in [2.45, 2.75) is 39.7 Å². The van der Waals surface area contributed by atoms with E-state index in [0.717, 1.165) is 24.4 Å². The lowest BCUT2D eigenvalue weighted by molar-refractivity contribution is -0.148. The van der Waals surface area contributed by atoms with Crippen molar-refractivity contribution in [1.29, 1.82) is 0 Å². The number of carbonyl (C=O) groups is 2. The normalized spacial score (nSPS) is 22.3. The summed E-state index contributed by atoms with van der Waals surface area (Å²) in [5.41, 5.74) is 0.133. The summed E-state index contributed by atoms with van der Waals surface area (Å²) in [6.07, 6.45) is 1.61. The van der Waals surface area contributed by atoms with Crippen LogP contribution in [0.2, 0.25) is 0 Å². The molecule has 7 heteroatoms. The Morgan fingerprint density at radius 3 is 2.68 bits per heavy atom. The molecule has 2 heterocycles. The second-order valence-electron chi connectivity index (χ2n) is 5.52. The van der Waals surface area contributed by atoms with E-state index >= 15 is 0 Å². The van der Waals surface area contributed by atoms with Crippen LogP contribution in [0.5, 0.6) is 0 Å². The lowest BCUT2D eigenvalue weighted by Crippen LogP contribution is -2.56. The first-order chi connectivity index (χ1) is 8.84. The standard InChI is InChI=1S/C12H17N3O3S/c1-7-8(19-14-13-7)10(16)15-6-4-5-12(2,3)9(15)11(17)18/h9H,4-6H2,1-3H3,(H,17,18). The summed E-state index contributed by atoms with van der Waals surface area (Å²) < 4.78 is 3.74. The first kappa shape index (κ1) is 13.9. The summed E-state index contributed by atoms with van der Waals surface area (Å²) in [7, 11) is 0. The summed E-state index contributed by atoms with van der Waals surface area (Å²) in [5, 5.41) is 13.3. The molecule has 1 aliphatic heterocycles. The van der Waals surface area contributed by atoms with Gasteiger partial charge in [0.05, 0.1) is 5.69 Å². The quantitative estimate of drug-likeness (QED) is 0.890. The molecule has 1 aromatic heterocycles. The third kappa shape index (κ3) is 2.47. The van der Waals surface area contributed by atoms with Gasteiger partial charge < -0.3 is 10.0 Å². The van der Waals surface area contributed by atoms with Crippen LogP contribution < -0.4 is 0 Å². The molecule has 1 unspecified atom stereocenters. The zero-order chi connectivity index (χ0) is 14.2. The minimum absolute atomic E-state index is 0.271. The number of hydrogen-bond acceptors (Lipinski definition) is 5. The van der Waals surface area contributed by atoms with Gasteiger partial charge in [0.2, 0.25) is 0 Å². The summed E-state index contributed by atoms with van der Waals surface area (Å²) >= 11 is 1.02. The number of carbonyl (C=O) groups excluding carboxylic acids is 1. The van der Waals surface area contributed by atoms with Crippen molar-refractivity contribution >= 4 is 23.4 Å². The van der Waals surface area contributed by atoms with Crippen LogP contribution in [0.15, 0.2) is 0 Å². The SMILES string of the molecule is Cc1nnsc1C(=O)N1CCCC(C)(C)C1C(=O)O. The number of likely N-dealkylation sites (tertiary alicyclic amines) is 1. The molecule has 0 spiro atoms. The third-order valence-corrected chi connectivity index (χ3v) is 4.43. The lowest BCUT2D eigenvalue weighted by atomic mass is 9.76. The molecule has 19 heavy (non-hydrogen) atoms. The summed E-state index contributed by atoms with van der Waals surface area (Å²) in [6.45, 7) is 5.96. The molecule has 2 rings (SSSR count). The highest BCUT2D eigenvalue weighted by Crippen LogP contribution is 2.36. The fourth-order valence-corrected chi connectivity index (χ4v) is 3.25. The molecule has 1 saturated heterocycles. The van der Waals surface area contributed by atoms with Gasteiger partial charge >= 0.3 is 5.97 Å². The number of aliphatic carboxylic acids is 1. The maximum atomic E-state index is 12.5. The number of nitrogens with zero attached hydrogens (tertiary/aromatic N) is 3. The van der Waals surface area contributed by atoms with E-state index in [1.54, 1.807) is 6.92 Å². The number of rotatable bonds is 2. The molecule has 1 amide bonds. The van der Waals surface area contributed by atoms with Gasteiger partial charge in [0, 0.05) is 6.54 Å². The minimum atomic E-state index is -0.951. The van der Waals surface area contributed by atoms with Gasteiger partial charge in [0.1, 0.15) is 10.9 Å². The van der Waals surface area contributed by atoms with Gasteiger partial charge in [0.25, 0.3) is 5.91 Å². The van der Waals surface area contributed by atoms with E-state index in [1.165, 1.54) is 4.90 Å².